The topological polar surface area (TPSA) is 408 Å². The summed E-state index contributed by atoms with van der Waals surface area (Å²) in [6.07, 6.45) is 5.71. The minimum absolute atomic E-state index is 0.0458. The van der Waals surface area contributed by atoms with Crippen molar-refractivity contribution in [2.45, 2.75) is 93.5 Å². The zero-order valence-corrected chi connectivity index (χ0v) is 52.4. The predicted octanol–water partition coefficient (Wildman–Crippen LogP) is 5.82. The number of carbonyl (C=O) groups is 7. The van der Waals surface area contributed by atoms with E-state index in [1.165, 1.54) is 0 Å². The molecule has 10 aromatic rings. The van der Waals surface area contributed by atoms with E-state index in [2.05, 4.69) is 62.5 Å². The molecule has 0 radical (unpaired) electrons. The Morgan fingerprint density at radius 2 is 0.719 bits per heavy atom. The first-order valence-corrected chi connectivity index (χ1v) is 31.8. The van der Waals surface area contributed by atoms with Crippen molar-refractivity contribution in [1.82, 2.24) is 62.5 Å². The van der Waals surface area contributed by atoms with Crippen LogP contribution in [0.3, 0.4) is 0 Å². The van der Waals surface area contributed by atoms with Crippen molar-refractivity contribution in [2.75, 3.05) is 19.7 Å². The number of ether oxygens (including phenoxy) is 1. The van der Waals surface area contributed by atoms with Gasteiger partial charge in [-0.1, -0.05) is 121 Å². The van der Waals surface area contributed by atoms with Crippen LogP contribution >= 0.6 is 0 Å². The van der Waals surface area contributed by atoms with Crippen LogP contribution in [0.25, 0.3) is 54.7 Å². The standard InChI is InChI=1S/C71H76N16O9/c72-69(73)76-29-13-27-57(83-67(92)61(33-42-37-80-55-25-11-7-17-46(42)55)87-71(95)96-39-52-50-21-3-1-19-48(50)49-20-2-4-22-51(49)52)63(88)84-60(32-41-36-79-54-24-10-6-16-45(41)54)66(91)85-59(31-40-35-78-53-23-9-5-15-44(40)53)65(90)82-58(28-14-30-77-70(74)75)64(89)86-62(68(93)94)34-43-38-81-56-26-12-8-18-47(43)56/h1-12,15-26,35-38,52,57-62,78-81H,13-14,27-34,39H2,(H,82,90)(H,83,92)(H,84,88)(H,85,91)(H,86,89)(H,87,95)(H,93,94)(H4,72,73,76)(H4,74,75,77)/t57-,58-,59-,60-,61-,62-/m0/s1. The highest BCUT2D eigenvalue weighted by molar-refractivity contribution is 5.99. The molecule has 0 unspecified atom stereocenters. The number of carboxylic acids is 1. The SMILES string of the molecule is N=C(N)NCCC[C@H](NC(=O)[C@H](Cc1c[nH]c2ccccc12)NC(=O)[C@H](Cc1c[nH]c2ccccc12)NC(=O)[C@H](CCCNC(=N)N)NC(=O)[C@H](Cc1c[nH]c2ccccc12)NC(=O)OCC1c2ccccc2-c2ccccc21)C(=O)N[C@@H](Cc1c[nH]c2ccccc12)C(=O)O. The van der Waals surface area contributed by atoms with Crippen LogP contribution in [0, 0.1) is 10.8 Å². The number of benzene rings is 6. The van der Waals surface area contributed by atoms with E-state index in [1.54, 1.807) is 24.8 Å². The number of nitrogens with one attached hydrogen (secondary N) is 14. The molecule has 4 heterocycles. The maximum atomic E-state index is 15.5. The number of guanidine groups is 2. The number of fused-ring (bicyclic) bond motifs is 7. The first kappa shape index (κ1) is 65.6. The molecule has 0 saturated carbocycles. The van der Waals surface area contributed by atoms with Crippen molar-refractivity contribution in [3.8, 4) is 11.1 Å². The molecule has 19 N–H and O–H groups in total. The number of para-hydroxylation sites is 4. The second-order valence-electron chi connectivity index (χ2n) is 23.9. The molecule has 6 amide bonds. The van der Waals surface area contributed by atoms with Crippen molar-refractivity contribution in [3.63, 3.8) is 0 Å². The highest BCUT2D eigenvalue weighted by Crippen LogP contribution is 2.44. The van der Waals surface area contributed by atoms with E-state index in [0.717, 1.165) is 65.9 Å². The van der Waals surface area contributed by atoms with Gasteiger partial charge in [0.15, 0.2) is 11.9 Å². The fourth-order valence-corrected chi connectivity index (χ4v) is 12.6. The smallest absolute Gasteiger partial charge is 0.407 e. The number of carboxylic acid groups (broad SMARTS) is 1. The minimum atomic E-state index is -1.47. The second kappa shape index (κ2) is 30.2. The van der Waals surface area contributed by atoms with Crippen LogP contribution in [0.2, 0.25) is 0 Å². The number of H-pyrrole nitrogens is 4. The highest BCUT2D eigenvalue weighted by atomic mass is 16.5. The molecule has 25 heteroatoms. The number of nitrogens with two attached hydrogens (primary N) is 2. The Morgan fingerprint density at radius 1 is 0.417 bits per heavy atom. The van der Waals surface area contributed by atoms with E-state index >= 15 is 19.2 Å². The van der Waals surface area contributed by atoms with Crippen molar-refractivity contribution in [2.24, 2.45) is 11.5 Å². The van der Waals surface area contributed by atoms with Gasteiger partial charge in [-0.05, 0) is 94.5 Å². The Hall–Kier alpha value is -11.9. The first-order chi connectivity index (χ1) is 46.5. The normalized spacial score (nSPS) is 13.7. The Labute approximate surface area is 551 Å². The lowest BCUT2D eigenvalue weighted by molar-refractivity contribution is -0.142. The molecule has 25 nitrogen and oxygen atoms in total. The number of carbonyl (C=O) groups excluding carboxylic acids is 6. The van der Waals surface area contributed by atoms with Gasteiger partial charge in [0.1, 0.15) is 42.9 Å². The number of rotatable bonds is 30. The molecular formula is C71H76N16O9. The average molecular weight is 1300 g/mol. The molecule has 6 atom stereocenters. The maximum absolute atomic E-state index is 15.5. The number of hydrogen-bond donors (Lipinski definition) is 17. The quantitative estimate of drug-likeness (QED) is 0.0143. The molecule has 11 rings (SSSR count). The van der Waals surface area contributed by atoms with Crippen molar-refractivity contribution < 1.29 is 43.4 Å². The minimum Gasteiger partial charge on any atom is -0.480 e. The summed E-state index contributed by atoms with van der Waals surface area (Å²) in [5.41, 5.74) is 20.8. The predicted molar refractivity (Wildman–Crippen MR) is 366 cm³/mol. The van der Waals surface area contributed by atoms with Gasteiger partial charge in [0, 0.05) is 113 Å². The Balaban J connectivity index is 0.877. The number of aromatic nitrogens is 4. The van der Waals surface area contributed by atoms with E-state index in [1.807, 2.05) is 146 Å². The third kappa shape index (κ3) is 15.8. The van der Waals surface area contributed by atoms with Gasteiger partial charge in [-0.25, -0.2) is 9.59 Å². The number of alkyl carbamates (subject to hydrolysis) is 1. The van der Waals surface area contributed by atoms with Gasteiger partial charge in [0.25, 0.3) is 0 Å². The summed E-state index contributed by atoms with van der Waals surface area (Å²) < 4.78 is 5.97. The fraction of sp³-hybridized carbons (Fsp3) is 0.254. The zero-order chi connectivity index (χ0) is 67.2. The molecule has 4 aromatic heterocycles. The van der Waals surface area contributed by atoms with Crippen LogP contribution in [0.5, 0.6) is 0 Å². The third-order valence-corrected chi connectivity index (χ3v) is 17.5. The lowest BCUT2D eigenvalue weighted by Crippen LogP contribution is -2.60. The summed E-state index contributed by atoms with van der Waals surface area (Å²) in [5, 5.41) is 51.4. The largest absolute Gasteiger partial charge is 0.480 e. The third-order valence-electron chi connectivity index (χ3n) is 17.5. The molecule has 6 aromatic carbocycles. The van der Waals surface area contributed by atoms with Gasteiger partial charge >= 0.3 is 12.1 Å². The lowest BCUT2D eigenvalue weighted by Gasteiger charge is -2.28. The van der Waals surface area contributed by atoms with Crippen molar-refractivity contribution >= 4 is 97.1 Å². The average Bonchev–Trinajstić information content (AvgIpc) is 1.62. The van der Waals surface area contributed by atoms with Crippen LogP contribution in [0.15, 0.2) is 170 Å². The van der Waals surface area contributed by atoms with Crippen LogP contribution in [-0.4, -0.2) is 135 Å². The molecule has 0 spiro atoms. The van der Waals surface area contributed by atoms with Crippen LogP contribution < -0.4 is 54.0 Å². The maximum Gasteiger partial charge on any atom is 0.407 e. The van der Waals surface area contributed by atoms with Gasteiger partial charge in [0.2, 0.25) is 29.5 Å². The summed E-state index contributed by atoms with van der Waals surface area (Å²) in [6.45, 7) is 0.185. The number of amides is 6. The van der Waals surface area contributed by atoms with Crippen LogP contribution in [-0.2, 0) is 59.2 Å². The number of aliphatic carboxylic acids is 1. The second-order valence-corrected chi connectivity index (χ2v) is 23.9. The highest BCUT2D eigenvalue weighted by Gasteiger charge is 2.36. The Bertz CT molecular complexity index is 4470. The van der Waals surface area contributed by atoms with Gasteiger partial charge in [-0.15, -0.1) is 0 Å². The van der Waals surface area contributed by atoms with Gasteiger partial charge in [-0.2, -0.15) is 0 Å². The van der Waals surface area contributed by atoms with Gasteiger partial charge in [-0.3, -0.25) is 34.8 Å². The number of aromatic amines is 4. The molecule has 0 fully saturated rings. The first-order valence-electron chi connectivity index (χ1n) is 31.8. The fourth-order valence-electron chi connectivity index (χ4n) is 12.6. The molecule has 96 heavy (non-hydrogen) atoms. The van der Waals surface area contributed by atoms with Crippen LogP contribution in [0.1, 0.15) is 65.0 Å². The van der Waals surface area contributed by atoms with Gasteiger partial charge < -0.3 is 83.8 Å². The van der Waals surface area contributed by atoms with Crippen LogP contribution in [0.4, 0.5) is 4.79 Å². The summed E-state index contributed by atoms with van der Waals surface area (Å²) in [7, 11) is 0. The van der Waals surface area contributed by atoms with E-state index in [-0.39, 0.29) is 88.9 Å². The zero-order valence-electron chi connectivity index (χ0n) is 52.4. The molecule has 1 aliphatic rings. The molecule has 1 aliphatic carbocycles. The summed E-state index contributed by atoms with van der Waals surface area (Å²) in [5.74, 6) is -6.33. The lowest BCUT2D eigenvalue weighted by atomic mass is 9.98. The summed E-state index contributed by atoms with van der Waals surface area (Å²) >= 11 is 0. The Morgan fingerprint density at radius 3 is 1.08 bits per heavy atom. The molecule has 0 saturated heterocycles. The van der Waals surface area contributed by atoms with E-state index in [4.69, 9.17) is 27.0 Å². The van der Waals surface area contributed by atoms with E-state index in [9.17, 15) is 19.5 Å². The molecule has 494 valence electrons. The summed E-state index contributed by atoms with van der Waals surface area (Å²) in [4.78, 5) is 115. The summed E-state index contributed by atoms with van der Waals surface area (Å²) in [6, 6.07) is 36.8. The van der Waals surface area contributed by atoms with Crippen molar-refractivity contribution in [3.05, 3.63) is 204 Å². The molecule has 0 bridgehead atoms. The van der Waals surface area contributed by atoms with E-state index in [0.29, 0.717) is 22.3 Å². The van der Waals surface area contributed by atoms with Crippen molar-refractivity contribution in [1.29, 1.82) is 10.8 Å². The van der Waals surface area contributed by atoms with E-state index < -0.39 is 77.8 Å². The molecular weight excluding hydrogens is 1220 g/mol. The number of hydrogen-bond acceptors (Lipinski definition) is 10. The molecule has 0 aliphatic heterocycles. The Kier molecular flexibility index (Phi) is 20.7. The monoisotopic (exact) mass is 1300 g/mol. The van der Waals surface area contributed by atoms with Gasteiger partial charge in [0.05, 0.1) is 0 Å².